The smallest absolute Gasteiger partial charge is 0.234 e. The van der Waals surface area contributed by atoms with Crippen molar-refractivity contribution in [1.29, 1.82) is 0 Å². The molecule has 1 saturated heterocycles. The zero-order valence-corrected chi connectivity index (χ0v) is 12.3. The molecule has 1 aliphatic carbocycles. The fourth-order valence-corrected chi connectivity index (χ4v) is 3.05. The second-order valence-corrected chi connectivity index (χ2v) is 5.89. The first-order valence-corrected chi connectivity index (χ1v) is 7.68. The fourth-order valence-electron chi connectivity index (χ4n) is 3.05. The first-order valence-electron chi connectivity index (χ1n) is 7.68. The summed E-state index contributed by atoms with van der Waals surface area (Å²) in [6.45, 7) is 0.734. The van der Waals surface area contributed by atoms with E-state index in [1.54, 1.807) is 0 Å². The normalized spacial score (nSPS) is 26.4. The Hall–Kier alpha value is -1.43. The number of likely N-dealkylation sites (tertiary alicyclic amines) is 1. The zero-order chi connectivity index (χ0) is 15.2. The summed E-state index contributed by atoms with van der Waals surface area (Å²) in [5.74, 6) is -0.734. The number of hydrogen-bond donors (Lipinski definition) is 2. The van der Waals surface area contributed by atoms with E-state index in [0.29, 0.717) is 6.54 Å². The highest BCUT2D eigenvalue weighted by molar-refractivity contribution is 5.82. The van der Waals surface area contributed by atoms with Crippen LogP contribution in [0.2, 0.25) is 0 Å². The molecular weight excluding hydrogens is 273 g/mol. The van der Waals surface area contributed by atoms with Gasteiger partial charge in [-0.15, -0.1) is 0 Å². The van der Waals surface area contributed by atoms with Crippen molar-refractivity contribution >= 4 is 11.8 Å². The predicted octanol–water partition coefficient (Wildman–Crippen LogP) is 0.891. The van der Waals surface area contributed by atoms with Crippen LogP contribution >= 0.6 is 0 Å². The summed E-state index contributed by atoms with van der Waals surface area (Å²) >= 11 is 0. The number of amides is 2. The second kappa shape index (κ2) is 7.54. The number of carbonyl (C=O) groups excluding carboxylic acids is 2. The summed E-state index contributed by atoms with van der Waals surface area (Å²) < 4.78 is 13.3. The molecule has 6 heteroatoms. The van der Waals surface area contributed by atoms with Crippen molar-refractivity contribution in [2.45, 2.75) is 50.7 Å². The number of nitrogens with two attached hydrogens (primary N) is 1. The van der Waals surface area contributed by atoms with Crippen molar-refractivity contribution < 1.29 is 14.0 Å². The Labute approximate surface area is 124 Å². The minimum atomic E-state index is -1.08. The lowest BCUT2D eigenvalue weighted by atomic mass is 9.97. The molecule has 1 aliphatic heterocycles. The van der Waals surface area contributed by atoms with E-state index in [1.807, 2.05) is 0 Å². The van der Waals surface area contributed by atoms with Crippen LogP contribution in [-0.4, -0.2) is 48.6 Å². The van der Waals surface area contributed by atoms with Crippen molar-refractivity contribution in [3.05, 3.63) is 11.6 Å². The molecule has 0 aromatic heterocycles. The van der Waals surface area contributed by atoms with Gasteiger partial charge >= 0.3 is 0 Å². The minimum absolute atomic E-state index is 0.0348. The van der Waals surface area contributed by atoms with Gasteiger partial charge in [-0.1, -0.05) is 11.6 Å². The monoisotopic (exact) mass is 297 g/mol. The number of alkyl halides is 1. The number of rotatable bonds is 6. The number of halogens is 1. The summed E-state index contributed by atoms with van der Waals surface area (Å²) in [5.41, 5.74) is 6.64. The van der Waals surface area contributed by atoms with E-state index in [1.165, 1.54) is 23.3 Å². The number of nitrogens with zero attached hydrogens (tertiary/aromatic N) is 1. The maximum Gasteiger partial charge on any atom is 0.234 e. The van der Waals surface area contributed by atoms with Gasteiger partial charge in [-0.25, -0.2) is 4.39 Å². The van der Waals surface area contributed by atoms with E-state index in [2.05, 4.69) is 11.4 Å². The highest BCUT2D eigenvalue weighted by atomic mass is 19.1. The molecule has 0 spiro atoms. The molecule has 1 fully saturated rings. The number of carbonyl (C=O) groups is 2. The lowest BCUT2D eigenvalue weighted by Crippen LogP contribution is -2.45. The van der Waals surface area contributed by atoms with Gasteiger partial charge < -0.3 is 11.1 Å². The van der Waals surface area contributed by atoms with E-state index in [-0.39, 0.29) is 25.4 Å². The molecule has 0 aromatic rings. The molecule has 0 unspecified atom stereocenters. The molecule has 3 N–H and O–H groups in total. The van der Waals surface area contributed by atoms with Crippen LogP contribution in [0.4, 0.5) is 4.39 Å². The first kappa shape index (κ1) is 15.9. The number of primary amides is 1. The molecule has 5 nitrogen and oxygen atoms in total. The summed E-state index contributed by atoms with van der Waals surface area (Å²) in [6.07, 6.45) is 6.88. The van der Waals surface area contributed by atoms with E-state index in [9.17, 15) is 14.0 Å². The van der Waals surface area contributed by atoms with Gasteiger partial charge in [0.2, 0.25) is 11.8 Å². The number of allylic oxidation sites excluding steroid dienone is 1. The molecule has 118 valence electrons. The van der Waals surface area contributed by atoms with E-state index in [4.69, 9.17) is 5.73 Å². The second-order valence-electron chi connectivity index (χ2n) is 5.89. The highest BCUT2D eigenvalue weighted by Crippen LogP contribution is 2.20. The van der Waals surface area contributed by atoms with Gasteiger partial charge in [-0.2, -0.15) is 0 Å². The lowest BCUT2D eigenvalue weighted by Gasteiger charge is -2.20. The quantitative estimate of drug-likeness (QED) is 0.715. The first-order chi connectivity index (χ1) is 10.1. The Bertz CT molecular complexity index is 425. The van der Waals surface area contributed by atoms with Crippen LogP contribution in [0.5, 0.6) is 0 Å². The van der Waals surface area contributed by atoms with Crippen LogP contribution in [0.15, 0.2) is 11.6 Å². The minimum Gasteiger partial charge on any atom is -0.368 e. The Kier molecular flexibility index (Phi) is 5.73. The van der Waals surface area contributed by atoms with Gasteiger partial charge in [-0.3, -0.25) is 14.5 Å². The van der Waals surface area contributed by atoms with Crippen LogP contribution in [0.25, 0.3) is 0 Å². The number of nitrogens with one attached hydrogen (secondary N) is 1. The molecule has 2 rings (SSSR count). The van der Waals surface area contributed by atoms with E-state index >= 15 is 0 Å². The molecule has 2 atom stereocenters. The molecule has 0 radical (unpaired) electrons. The van der Waals surface area contributed by atoms with E-state index in [0.717, 1.165) is 19.3 Å². The van der Waals surface area contributed by atoms with Crippen molar-refractivity contribution in [1.82, 2.24) is 10.2 Å². The van der Waals surface area contributed by atoms with Gasteiger partial charge in [0.25, 0.3) is 0 Å². The molecule has 0 aromatic carbocycles. The topological polar surface area (TPSA) is 75.4 Å². The highest BCUT2D eigenvalue weighted by Gasteiger charge is 2.36. The maximum atomic E-state index is 13.3. The average molecular weight is 297 g/mol. The van der Waals surface area contributed by atoms with Crippen molar-refractivity contribution in [2.75, 3.05) is 19.6 Å². The molecule has 1 heterocycles. The van der Waals surface area contributed by atoms with Crippen LogP contribution in [0.1, 0.15) is 38.5 Å². The summed E-state index contributed by atoms with van der Waals surface area (Å²) in [7, 11) is 0. The average Bonchev–Trinajstić information content (AvgIpc) is 2.81. The molecule has 0 bridgehead atoms. The number of hydrogen-bond acceptors (Lipinski definition) is 3. The molecule has 0 saturated carbocycles. The summed E-state index contributed by atoms with van der Waals surface area (Å²) in [4.78, 5) is 24.6. The van der Waals surface area contributed by atoms with Gasteiger partial charge in [0.05, 0.1) is 12.6 Å². The SMILES string of the molecule is NC(=O)[C@@H]1C[C@@H](F)CN1CC(=O)NCCC1=CCCCC1. The van der Waals surface area contributed by atoms with Crippen LogP contribution in [0.3, 0.4) is 0 Å². The fraction of sp³-hybridized carbons (Fsp3) is 0.733. The van der Waals surface area contributed by atoms with Crippen LogP contribution in [-0.2, 0) is 9.59 Å². The Morgan fingerprint density at radius 3 is 2.90 bits per heavy atom. The van der Waals surface area contributed by atoms with Gasteiger partial charge in [0.15, 0.2) is 0 Å². The van der Waals surface area contributed by atoms with Crippen molar-refractivity contribution in [2.24, 2.45) is 5.73 Å². The maximum absolute atomic E-state index is 13.3. The largest absolute Gasteiger partial charge is 0.368 e. The van der Waals surface area contributed by atoms with Gasteiger partial charge in [0.1, 0.15) is 6.17 Å². The van der Waals surface area contributed by atoms with Crippen molar-refractivity contribution in [3.63, 3.8) is 0 Å². The molecule has 2 amide bonds. The predicted molar refractivity (Wildman–Crippen MR) is 78.2 cm³/mol. The Morgan fingerprint density at radius 1 is 1.43 bits per heavy atom. The third kappa shape index (κ3) is 4.81. The van der Waals surface area contributed by atoms with Crippen molar-refractivity contribution in [3.8, 4) is 0 Å². The standard InChI is InChI=1S/C15H24FN3O2/c16-12-8-13(15(17)21)19(9-12)10-14(20)18-7-6-11-4-2-1-3-5-11/h4,12-13H,1-3,5-10H2,(H2,17,21)(H,18,20)/t12-,13+/m1/s1. The van der Waals surface area contributed by atoms with Gasteiger partial charge in [-0.05, 0) is 32.1 Å². The zero-order valence-electron chi connectivity index (χ0n) is 12.3. The Balaban J connectivity index is 1.71. The summed E-state index contributed by atoms with van der Waals surface area (Å²) in [6, 6.07) is -0.660. The van der Waals surface area contributed by atoms with Crippen LogP contribution < -0.4 is 11.1 Å². The lowest BCUT2D eigenvalue weighted by molar-refractivity contribution is -0.125. The molecule has 21 heavy (non-hydrogen) atoms. The Morgan fingerprint density at radius 2 is 2.24 bits per heavy atom. The molecular formula is C15H24FN3O2. The molecule has 2 aliphatic rings. The van der Waals surface area contributed by atoms with E-state index < -0.39 is 18.1 Å². The van der Waals surface area contributed by atoms with Gasteiger partial charge in [0, 0.05) is 19.5 Å². The van der Waals surface area contributed by atoms with Crippen LogP contribution in [0, 0.1) is 0 Å². The summed E-state index contributed by atoms with van der Waals surface area (Å²) in [5, 5.41) is 2.84. The third-order valence-corrected chi connectivity index (χ3v) is 4.18. The third-order valence-electron chi connectivity index (χ3n) is 4.18.